The summed E-state index contributed by atoms with van der Waals surface area (Å²) >= 11 is 5.98. The van der Waals surface area contributed by atoms with E-state index in [1.807, 2.05) is 25.1 Å². The average molecular weight is 295 g/mol. The second kappa shape index (κ2) is 5.44. The molecule has 1 aromatic carbocycles. The number of benzene rings is 1. The van der Waals surface area contributed by atoms with Crippen LogP contribution in [-0.4, -0.2) is 28.3 Å². The summed E-state index contributed by atoms with van der Waals surface area (Å²) in [7, 11) is 0. The van der Waals surface area contributed by atoms with E-state index in [9.17, 15) is 9.59 Å². The summed E-state index contributed by atoms with van der Waals surface area (Å²) in [5.41, 5.74) is 0.0864. The van der Waals surface area contributed by atoms with Crippen molar-refractivity contribution in [2.45, 2.75) is 45.3 Å². The monoisotopic (exact) mass is 294 g/mol. The van der Waals surface area contributed by atoms with Gasteiger partial charge in [0, 0.05) is 24.0 Å². The fourth-order valence-electron chi connectivity index (χ4n) is 2.45. The molecule has 1 unspecified atom stereocenters. The minimum atomic E-state index is -0.875. The van der Waals surface area contributed by atoms with Crippen molar-refractivity contribution in [3.63, 3.8) is 0 Å². The van der Waals surface area contributed by atoms with Crippen LogP contribution >= 0.6 is 11.6 Å². The molecule has 1 atom stereocenters. The molecule has 0 aromatic heterocycles. The molecule has 1 aromatic rings. The lowest BCUT2D eigenvalue weighted by Gasteiger charge is -2.32. The molecule has 0 aliphatic carbocycles. The van der Waals surface area contributed by atoms with Crippen molar-refractivity contribution in [3.05, 3.63) is 34.9 Å². The van der Waals surface area contributed by atoms with Gasteiger partial charge in [0.15, 0.2) is 0 Å². The lowest BCUT2D eigenvalue weighted by atomic mass is 10.0. The molecule has 0 radical (unpaired) electrons. The average Bonchev–Trinajstić information content (AvgIpc) is 2.39. The molecule has 1 N–H and O–H groups in total. The first kappa shape index (κ1) is 14.9. The Balaban J connectivity index is 2.28. The van der Waals surface area contributed by atoms with Crippen molar-refractivity contribution in [1.82, 2.24) is 10.2 Å². The Morgan fingerprint density at radius 3 is 2.75 bits per heavy atom. The summed E-state index contributed by atoms with van der Waals surface area (Å²) in [6.07, 6.45) is 0.315. The Hall–Kier alpha value is -1.55. The van der Waals surface area contributed by atoms with E-state index in [0.29, 0.717) is 18.0 Å². The van der Waals surface area contributed by atoms with Crippen molar-refractivity contribution < 1.29 is 9.59 Å². The topological polar surface area (TPSA) is 49.4 Å². The molecule has 1 aliphatic heterocycles. The molecular weight excluding hydrogens is 276 g/mol. The lowest BCUT2D eigenvalue weighted by molar-refractivity contribution is -0.139. The zero-order valence-electron chi connectivity index (χ0n) is 11.9. The van der Waals surface area contributed by atoms with Crippen LogP contribution in [0.15, 0.2) is 24.3 Å². The zero-order valence-corrected chi connectivity index (χ0v) is 12.7. The minimum Gasteiger partial charge on any atom is -0.342 e. The fourth-order valence-corrected chi connectivity index (χ4v) is 2.66. The Bertz CT molecular complexity index is 542. The van der Waals surface area contributed by atoms with Crippen LogP contribution in [0.1, 0.15) is 32.8 Å². The van der Waals surface area contributed by atoms with Crippen LogP contribution < -0.4 is 5.32 Å². The van der Waals surface area contributed by atoms with E-state index in [2.05, 4.69) is 5.32 Å². The van der Waals surface area contributed by atoms with Gasteiger partial charge in [-0.25, -0.2) is 0 Å². The van der Waals surface area contributed by atoms with Gasteiger partial charge in [-0.1, -0.05) is 23.7 Å². The summed E-state index contributed by atoms with van der Waals surface area (Å²) in [4.78, 5) is 26.1. The summed E-state index contributed by atoms with van der Waals surface area (Å²) in [6.45, 7) is 5.81. The maximum Gasteiger partial charge on any atom is 0.248 e. The summed E-state index contributed by atoms with van der Waals surface area (Å²) in [5.74, 6) is -0.166. The molecule has 20 heavy (non-hydrogen) atoms. The number of amides is 2. The number of carbonyl (C=O) groups excluding carboxylic acids is 2. The third-order valence-corrected chi connectivity index (χ3v) is 3.74. The molecule has 1 aliphatic rings. The van der Waals surface area contributed by atoms with Crippen LogP contribution in [-0.2, 0) is 16.1 Å². The number of nitrogens with zero attached hydrogens (tertiary/aromatic N) is 1. The summed E-state index contributed by atoms with van der Waals surface area (Å²) in [6, 6.07) is 7.30. The number of rotatable bonds is 2. The van der Waals surface area contributed by atoms with Gasteiger partial charge in [0.05, 0.1) is 0 Å². The SMILES string of the molecule is CC1CC(=O)NC(C)(C)C(=O)N1Cc1cccc(Cl)c1. The number of carbonyl (C=O) groups is 2. The van der Waals surface area contributed by atoms with Gasteiger partial charge in [-0.05, 0) is 38.5 Å². The van der Waals surface area contributed by atoms with Gasteiger partial charge in [-0.3, -0.25) is 9.59 Å². The quantitative estimate of drug-likeness (QED) is 0.910. The van der Waals surface area contributed by atoms with Gasteiger partial charge in [-0.15, -0.1) is 0 Å². The third-order valence-electron chi connectivity index (χ3n) is 3.50. The van der Waals surface area contributed by atoms with Crippen LogP contribution in [0.25, 0.3) is 0 Å². The van der Waals surface area contributed by atoms with E-state index in [1.54, 1.807) is 24.8 Å². The van der Waals surface area contributed by atoms with Crippen molar-refractivity contribution in [2.75, 3.05) is 0 Å². The predicted octanol–water partition coefficient (Wildman–Crippen LogP) is 2.36. The van der Waals surface area contributed by atoms with Gasteiger partial charge < -0.3 is 10.2 Å². The van der Waals surface area contributed by atoms with E-state index >= 15 is 0 Å². The number of hydrogen-bond acceptors (Lipinski definition) is 2. The third kappa shape index (κ3) is 3.12. The Labute approximate surface area is 124 Å². The first-order valence-corrected chi connectivity index (χ1v) is 7.04. The standard InChI is InChI=1S/C15H19ClN2O2/c1-10-7-13(19)17-15(2,3)14(20)18(10)9-11-5-4-6-12(16)8-11/h4-6,8,10H,7,9H2,1-3H3,(H,17,19). The number of halogens is 1. The molecule has 2 amide bonds. The number of nitrogens with one attached hydrogen (secondary N) is 1. The van der Waals surface area contributed by atoms with Gasteiger partial charge in [0.1, 0.15) is 5.54 Å². The molecule has 0 spiro atoms. The highest BCUT2D eigenvalue weighted by Gasteiger charge is 2.39. The molecule has 2 rings (SSSR count). The highest BCUT2D eigenvalue weighted by atomic mass is 35.5. The van der Waals surface area contributed by atoms with E-state index in [-0.39, 0.29) is 17.9 Å². The largest absolute Gasteiger partial charge is 0.342 e. The van der Waals surface area contributed by atoms with E-state index in [1.165, 1.54) is 0 Å². The Morgan fingerprint density at radius 1 is 1.40 bits per heavy atom. The van der Waals surface area contributed by atoms with Crippen LogP contribution in [0.2, 0.25) is 5.02 Å². The van der Waals surface area contributed by atoms with Crippen molar-refractivity contribution in [1.29, 1.82) is 0 Å². The molecule has 1 saturated heterocycles. The molecule has 0 bridgehead atoms. The number of hydrogen-bond donors (Lipinski definition) is 1. The maximum absolute atomic E-state index is 12.6. The molecule has 5 heteroatoms. The van der Waals surface area contributed by atoms with Gasteiger partial charge in [-0.2, -0.15) is 0 Å². The van der Waals surface area contributed by atoms with Crippen molar-refractivity contribution in [3.8, 4) is 0 Å². The highest BCUT2D eigenvalue weighted by Crippen LogP contribution is 2.21. The molecule has 1 heterocycles. The zero-order chi connectivity index (χ0) is 14.9. The van der Waals surface area contributed by atoms with Crippen LogP contribution in [0, 0.1) is 0 Å². The Morgan fingerprint density at radius 2 is 2.10 bits per heavy atom. The summed E-state index contributed by atoms with van der Waals surface area (Å²) < 4.78 is 0. The molecule has 1 fully saturated rings. The second-order valence-electron chi connectivity index (χ2n) is 5.79. The van der Waals surface area contributed by atoms with Crippen molar-refractivity contribution in [2.24, 2.45) is 0 Å². The maximum atomic E-state index is 12.6. The molecular formula is C15H19ClN2O2. The van der Waals surface area contributed by atoms with E-state index < -0.39 is 5.54 Å². The first-order chi connectivity index (χ1) is 9.29. The molecule has 108 valence electrons. The Kier molecular flexibility index (Phi) is 4.04. The van der Waals surface area contributed by atoms with Crippen LogP contribution in [0.4, 0.5) is 0 Å². The van der Waals surface area contributed by atoms with Crippen molar-refractivity contribution >= 4 is 23.4 Å². The van der Waals surface area contributed by atoms with Gasteiger partial charge in [0.25, 0.3) is 0 Å². The summed E-state index contributed by atoms with van der Waals surface area (Å²) in [5, 5.41) is 3.41. The lowest BCUT2D eigenvalue weighted by Crippen LogP contribution is -2.53. The fraction of sp³-hybridized carbons (Fsp3) is 0.467. The van der Waals surface area contributed by atoms with E-state index in [4.69, 9.17) is 11.6 Å². The second-order valence-corrected chi connectivity index (χ2v) is 6.23. The van der Waals surface area contributed by atoms with Crippen LogP contribution in [0.3, 0.4) is 0 Å². The minimum absolute atomic E-state index is 0.0733. The van der Waals surface area contributed by atoms with Gasteiger partial charge in [0.2, 0.25) is 11.8 Å². The first-order valence-electron chi connectivity index (χ1n) is 6.66. The molecule has 4 nitrogen and oxygen atoms in total. The molecule has 0 saturated carbocycles. The smallest absolute Gasteiger partial charge is 0.248 e. The van der Waals surface area contributed by atoms with Crippen LogP contribution in [0.5, 0.6) is 0 Å². The predicted molar refractivity (Wildman–Crippen MR) is 78.3 cm³/mol. The highest BCUT2D eigenvalue weighted by molar-refractivity contribution is 6.30. The van der Waals surface area contributed by atoms with Gasteiger partial charge >= 0.3 is 0 Å². The van der Waals surface area contributed by atoms with E-state index in [0.717, 1.165) is 5.56 Å². The normalized spacial score (nSPS) is 22.4.